The summed E-state index contributed by atoms with van der Waals surface area (Å²) in [4.78, 5) is 6.70. The van der Waals surface area contributed by atoms with Crippen molar-refractivity contribution >= 4 is 11.5 Å². The second-order valence-corrected chi connectivity index (χ2v) is 5.60. The highest BCUT2D eigenvalue weighted by Gasteiger charge is 2.20. The number of aromatic nitrogens is 4. The normalized spacial score (nSPS) is 19.1. The fraction of sp³-hybridized carbons (Fsp3) is 0.583. The lowest BCUT2D eigenvalue weighted by molar-refractivity contribution is 0.227. The van der Waals surface area contributed by atoms with Gasteiger partial charge in [0.1, 0.15) is 5.82 Å². The second-order valence-electron chi connectivity index (χ2n) is 4.99. The zero-order valence-electron chi connectivity index (χ0n) is 10.5. The van der Waals surface area contributed by atoms with Gasteiger partial charge in [-0.1, -0.05) is 4.49 Å². The molecule has 0 N–H and O–H groups in total. The van der Waals surface area contributed by atoms with Gasteiger partial charge >= 0.3 is 0 Å². The van der Waals surface area contributed by atoms with Crippen LogP contribution in [-0.2, 0) is 19.5 Å². The standard InChI is InChI=1S/C12H17N5S/c1-16(8-11-9-18-15-14-11)6-10-2-3-12-13-4-5-17(12)7-10/h4-5,9-10H,2-3,6-8H2,1H3/t10-/m1/s1. The Morgan fingerprint density at radius 3 is 3.33 bits per heavy atom. The van der Waals surface area contributed by atoms with E-state index in [1.165, 1.54) is 23.8 Å². The van der Waals surface area contributed by atoms with Crippen molar-refractivity contribution in [3.05, 3.63) is 29.3 Å². The van der Waals surface area contributed by atoms with E-state index in [9.17, 15) is 0 Å². The second kappa shape index (κ2) is 5.16. The van der Waals surface area contributed by atoms with Crippen LogP contribution >= 0.6 is 11.5 Å². The van der Waals surface area contributed by atoms with Crippen molar-refractivity contribution in [3.8, 4) is 0 Å². The monoisotopic (exact) mass is 263 g/mol. The first-order valence-electron chi connectivity index (χ1n) is 6.26. The summed E-state index contributed by atoms with van der Waals surface area (Å²) in [7, 11) is 2.16. The van der Waals surface area contributed by atoms with Crippen LogP contribution in [0.1, 0.15) is 17.9 Å². The predicted octanol–water partition coefficient (Wildman–Crippen LogP) is 1.43. The fourth-order valence-corrected chi connectivity index (χ4v) is 3.06. The maximum atomic E-state index is 4.36. The third kappa shape index (κ3) is 2.59. The largest absolute Gasteiger partial charge is 0.335 e. The minimum Gasteiger partial charge on any atom is -0.335 e. The highest BCUT2D eigenvalue weighted by Crippen LogP contribution is 2.19. The topological polar surface area (TPSA) is 46.8 Å². The summed E-state index contributed by atoms with van der Waals surface area (Å²) in [5, 5.41) is 6.11. The van der Waals surface area contributed by atoms with Crippen LogP contribution < -0.4 is 0 Å². The van der Waals surface area contributed by atoms with Gasteiger partial charge in [-0.05, 0) is 30.9 Å². The zero-order chi connectivity index (χ0) is 12.4. The Hall–Kier alpha value is -1.27. The van der Waals surface area contributed by atoms with Crippen molar-refractivity contribution in [2.45, 2.75) is 25.9 Å². The highest BCUT2D eigenvalue weighted by molar-refractivity contribution is 7.03. The third-order valence-electron chi connectivity index (χ3n) is 3.44. The SMILES string of the molecule is CN(Cc1csnn1)C[C@H]1CCc2nccn2C1. The van der Waals surface area contributed by atoms with Gasteiger partial charge in [-0.3, -0.25) is 0 Å². The van der Waals surface area contributed by atoms with Crippen LogP contribution in [0.25, 0.3) is 0 Å². The summed E-state index contributed by atoms with van der Waals surface area (Å²) in [5.41, 5.74) is 1.07. The van der Waals surface area contributed by atoms with Gasteiger partial charge < -0.3 is 9.47 Å². The van der Waals surface area contributed by atoms with E-state index in [1.54, 1.807) is 0 Å². The molecular weight excluding hydrogens is 246 g/mol. The Morgan fingerprint density at radius 1 is 1.56 bits per heavy atom. The van der Waals surface area contributed by atoms with E-state index in [1.807, 2.05) is 11.6 Å². The molecule has 5 nitrogen and oxygen atoms in total. The van der Waals surface area contributed by atoms with Crippen LogP contribution in [0, 0.1) is 5.92 Å². The molecule has 0 bridgehead atoms. The lowest BCUT2D eigenvalue weighted by Crippen LogP contribution is -2.31. The van der Waals surface area contributed by atoms with Crippen LogP contribution in [-0.4, -0.2) is 37.6 Å². The number of aryl methyl sites for hydroxylation is 1. The molecule has 2 aromatic rings. The van der Waals surface area contributed by atoms with Crippen LogP contribution in [0.3, 0.4) is 0 Å². The van der Waals surface area contributed by atoms with E-state index in [4.69, 9.17) is 0 Å². The molecule has 1 atom stereocenters. The summed E-state index contributed by atoms with van der Waals surface area (Å²) >= 11 is 1.42. The number of fused-ring (bicyclic) bond motifs is 1. The van der Waals surface area contributed by atoms with Crippen LogP contribution in [0.15, 0.2) is 17.8 Å². The molecule has 0 fully saturated rings. The lowest BCUT2D eigenvalue weighted by atomic mass is 9.99. The lowest BCUT2D eigenvalue weighted by Gasteiger charge is -2.27. The van der Waals surface area contributed by atoms with Crippen molar-refractivity contribution in [2.75, 3.05) is 13.6 Å². The summed E-state index contributed by atoms with van der Waals surface area (Å²) in [6, 6.07) is 0. The first-order valence-corrected chi connectivity index (χ1v) is 7.09. The van der Waals surface area contributed by atoms with E-state index in [2.05, 4.69) is 37.3 Å². The Balaban J connectivity index is 1.54. The summed E-state index contributed by atoms with van der Waals surface area (Å²) < 4.78 is 6.18. The Kier molecular flexibility index (Phi) is 3.38. The first kappa shape index (κ1) is 11.8. The molecule has 2 aromatic heterocycles. The van der Waals surface area contributed by atoms with Gasteiger partial charge in [-0.2, -0.15) is 0 Å². The van der Waals surface area contributed by atoms with Crippen molar-refractivity contribution in [2.24, 2.45) is 5.92 Å². The fourth-order valence-electron chi connectivity index (χ4n) is 2.62. The molecule has 3 rings (SSSR count). The van der Waals surface area contributed by atoms with Crippen LogP contribution in [0.2, 0.25) is 0 Å². The van der Waals surface area contributed by atoms with E-state index < -0.39 is 0 Å². The molecule has 0 aromatic carbocycles. The molecular formula is C12H17N5S. The molecule has 1 aliphatic heterocycles. The molecule has 0 saturated heterocycles. The molecule has 0 amide bonds. The van der Waals surface area contributed by atoms with Crippen molar-refractivity contribution in [1.82, 2.24) is 24.0 Å². The average Bonchev–Trinajstić information content (AvgIpc) is 2.98. The van der Waals surface area contributed by atoms with Gasteiger partial charge in [0.05, 0.1) is 5.69 Å². The van der Waals surface area contributed by atoms with E-state index in [-0.39, 0.29) is 0 Å². The molecule has 1 aliphatic rings. The van der Waals surface area contributed by atoms with E-state index in [0.29, 0.717) is 5.92 Å². The number of rotatable bonds is 4. The molecule has 0 radical (unpaired) electrons. The van der Waals surface area contributed by atoms with Crippen LogP contribution in [0.5, 0.6) is 0 Å². The molecule has 0 saturated carbocycles. The minimum absolute atomic E-state index is 0.711. The number of hydrogen-bond donors (Lipinski definition) is 0. The van der Waals surface area contributed by atoms with Gasteiger partial charge in [0, 0.05) is 43.8 Å². The average molecular weight is 263 g/mol. The molecule has 0 unspecified atom stereocenters. The Morgan fingerprint density at radius 2 is 2.50 bits per heavy atom. The van der Waals surface area contributed by atoms with Crippen LogP contribution in [0.4, 0.5) is 0 Å². The summed E-state index contributed by atoms with van der Waals surface area (Å²) in [6.07, 6.45) is 6.33. The molecule has 0 spiro atoms. The highest BCUT2D eigenvalue weighted by atomic mass is 32.1. The molecule has 96 valence electrons. The van der Waals surface area contributed by atoms with Gasteiger partial charge in [-0.25, -0.2) is 4.98 Å². The molecule has 3 heterocycles. The van der Waals surface area contributed by atoms with Gasteiger partial charge in [-0.15, -0.1) is 5.10 Å². The number of nitrogens with zero attached hydrogens (tertiary/aromatic N) is 5. The van der Waals surface area contributed by atoms with E-state index >= 15 is 0 Å². The third-order valence-corrected chi connectivity index (χ3v) is 3.99. The summed E-state index contributed by atoms with van der Waals surface area (Å²) in [6.45, 7) is 3.09. The zero-order valence-corrected chi connectivity index (χ0v) is 11.3. The maximum absolute atomic E-state index is 4.36. The van der Waals surface area contributed by atoms with Gasteiger partial charge in [0.15, 0.2) is 0 Å². The van der Waals surface area contributed by atoms with E-state index in [0.717, 1.165) is 31.7 Å². The first-order chi connectivity index (χ1) is 8.81. The molecule has 0 aliphatic carbocycles. The minimum atomic E-state index is 0.711. The maximum Gasteiger partial charge on any atom is 0.108 e. The Bertz CT molecular complexity index is 492. The van der Waals surface area contributed by atoms with Gasteiger partial charge in [0.2, 0.25) is 0 Å². The summed E-state index contributed by atoms with van der Waals surface area (Å²) in [5.74, 6) is 1.95. The number of hydrogen-bond acceptors (Lipinski definition) is 5. The predicted molar refractivity (Wildman–Crippen MR) is 70.3 cm³/mol. The van der Waals surface area contributed by atoms with Crippen molar-refractivity contribution in [1.29, 1.82) is 0 Å². The quantitative estimate of drug-likeness (QED) is 0.837. The molecule has 6 heteroatoms. The smallest absolute Gasteiger partial charge is 0.108 e. The van der Waals surface area contributed by atoms with Gasteiger partial charge in [0.25, 0.3) is 0 Å². The van der Waals surface area contributed by atoms with Crippen molar-refractivity contribution < 1.29 is 0 Å². The Labute approximate surface area is 111 Å². The van der Waals surface area contributed by atoms with Crippen molar-refractivity contribution in [3.63, 3.8) is 0 Å². The molecule has 18 heavy (non-hydrogen) atoms. The number of imidazole rings is 1.